The molecular formula is C14H17N9. The molecule has 0 aromatic carbocycles. The quantitative estimate of drug-likeness (QED) is 0.773. The van der Waals surface area contributed by atoms with Gasteiger partial charge in [0.15, 0.2) is 11.6 Å². The number of nitrogens with one attached hydrogen (secondary N) is 1. The zero-order valence-electron chi connectivity index (χ0n) is 12.8. The molecule has 118 valence electrons. The van der Waals surface area contributed by atoms with E-state index in [9.17, 15) is 0 Å². The van der Waals surface area contributed by atoms with Gasteiger partial charge in [-0.25, -0.2) is 0 Å². The van der Waals surface area contributed by atoms with Crippen LogP contribution in [0.5, 0.6) is 0 Å². The Bertz CT molecular complexity index is 765. The van der Waals surface area contributed by atoms with Crippen LogP contribution >= 0.6 is 0 Å². The van der Waals surface area contributed by atoms with Crippen molar-refractivity contribution in [2.24, 2.45) is 7.05 Å². The summed E-state index contributed by atoms with van der Waals surface area (Å²) in [5, 5.41) is 23.3. The number of piperidine rings is 1. The summed E-state index contributed by atoms with van der Waals surface area (Å²) in [4.78, 5) is 6.36. The van der Waals surface area contributed by atoms with Crippen LogP contribution in [0.4, 0.5) is 5.95 Å². The first-order valence-electron chi connectivity index (χ1n) is 7.64. The van der Waals surface area contributed by atoms with E-state index in [2.05, 4.69) is 40.7 Å². The van der Waals surface area contributed by atoms with Crippen molar-refractivity contribution in [1.82, 2.24) is 40.4 Å². The number of rotatable bonds is 3. The van der Waals surface area contributed by atoms with Crippen LogP contribution in [0.15, 0.2) is 24.5 Å². The maximum absolute atomic E-state index is 4.40. The minimum absolute atomic E-state index is 0.0761. The molecule has 0 radical (unpaired) electrons. The number of tetrazole rings is 1. The average Bonchev–Trinajstić information content (AvgIpc) is 3.25. The van der Waals surface area contributed by atoms with E-state index in [1.54, 1.807) is 12.4 Å². The van der Waals surface area contributed by atoms with Gasteiger partial charge < -0.3 is 4.90 Å². The molecular weight excluding hydrogens is 294 g/mol. The molecule has 0 spiro atoms. The minimum atomic E-state index is 0.0761. The Labute approximate surface area is 132 Å². The highest BCUT2D eigenvalue weighted by atomic mass is 15.5. The maximum Gasteiger partial charge on any atom is 0.227 e. The largest absolute Gasteiger partial charge is 0.331 e. The van der Waals surface area contributed by atoms with Crippen LogP contribution in [-0.4, -0.2) is 46.9 Å². The van der Waals surface area contributed by atoms with Gasteiger partial charge in [-0.1, -0.05) is 5.21 Å². The molecule has 4 heterocycles. The van der Waals surface area contributed by atoms with Gasteiger partial charge in [0.05, 0.1) is 6.04 Å². The normalized spacial score (nSPS) is 18.3. The Hall–Kier alpha value is -2.84. The van der Waals surface area contributed by atoms with Gasteiger partial charge in [-0.05, 0) is 31.4 Å². The average molecular weight is 311 g/mol. The van der Waals surface area contributed by atoms with E-state index in [0.717, 1.165) is 43.1 Å². The molecule has 1 unspecified atom stereocenters. The van der Waals surface area contributed by atoms with Crippen molar-refractivity contribution in [3.8, 4) is 11.4 Å². The van der Waals surface area contributed by atoms with E-state index < -0.39 is 0 Å². The number of anilines is 1. The molecule has 0 bridgehead atoms. The second-order valence-corrected chi connectivity index (χ2v) is 5.60. The summed E-state index contributed by atoms with van der Waals surface area (Å²) in [5.74, 6) is 2.32. The maximum atomic E-state index is 4.40. The molecule has 1 saturated heterocycles. The second-order valence-electron chi connectivity index (χ2n) is 5.60. The first kappa shape index (κ1) is 13.8. The lowest BCUT2D eigenvalue weighted by atomic mass is 10.0. The molecule has 1 N–H and O–H groups in total. The first-order valence-corrected chi connectivity index (χ1v) is 7.64. The van der Waals surface area contributed by atoms with Gasteiger partial charge in [0.2, 0.25) is 5.95 Å². The fourth-order valence-corrected chi connectivity index (χ4v) is 3.07. The predicted octanol–water partition coefficient (Wildman–Crippen LogP) is 1.12. The number of pyridine rings is 1. The number of aromatic nitrogens is 8. The summed E-state index contributed by atoms with van der Waals surface area (Å²) in [6.45, 7) is 0.901. The topological polar surface area (TPSA) is 101 Å². The monoisotopic (exact) mass is 311 g/mol. The van der Waals surface area contributed by atoms with Crippen LogP contribution in [0.1, 0.15) is 31.1 Å². The molecule has 3 aromatic heterocycles. The van der Waals surface area contributed by atoms with Gasteiger partial charge >= 0.3 is 0 Å². The molecule has 23 heavy (non-hydrogen) atoms. The second kappa shape index (κ2) is 5.75. The molecule has 4 rings (SSSR count). The Morgan fingerprint density at radius 3 is 2.96 bits per heavy atom. The SMILES string of the molecule is Cn1c(-c2cccnc2)nnc1N1CCCCC1c1nn[nH]n1. The van der Waals surface area contributed by atoms with Crippen LogP contribution in [0.3, 0.4) is 0 Å². The third-order valence-corrected chi connectivity index (χ3v) is 4.19. The predicted molar refractivity (Wildman–Crippen MR) is 82.3 cm³/mol. The highest BCUT2D eigenvalue weighted by Gasteiger charge is 2.30. The van der Waals surface area contributed by atoms with Crippen LogP contribution in [-0.2, 0) is 7.05 Å². The number of hydrogen-bond acceptors (Lipinski definition) is 7. The molecule has 1 aliphatic rings. The van der Waals surface area contributed by atoms with Gasteiger partial charge in [0.1, 0.15) is 0 Å². The van der Waals surface area contributed by atoms with Crippen LogP contribution < -0.4 is 4.90 Å². The van der Waals surface area contributed by atoms with Gasteiger partial charge in [0, 0.05) is 31.5 Å². The van der Waals surface area contributed by atoms with Gasteiger partial charge in [-0.2, -0.15) is 5.21 Å². The zero-order valence-corrected chi connectivity index (χ0v) is 12.8. The standard InChI is InChI=1S/C14H17N9/c1-22-13(10-5-4-7-15-9-10)18-19-14(22)23-8-3-2-6-11(23)12-16-20-21-17-12/h4-5,7,9,11H,2-3,6,8H2,1H3,(H,16,17,20,21). The Morgan fingerprint density at radius 2 is 2.17 bits per heavy atom. The molecule has 0 saturated carbocycles. The summed E-state index contributed by atoms with van der Waals surface area (Å²) in [7, 11) is 1.97. The molecule has 9 nitrogen and oxygen atoms in total. The van der Waals surface area contributed by atoms with Crippen LogP contribution in [0.2, 0.25) is 0 Å². The van der Waals surface area contributed by atoms with E-state index in [1.807, 2.05) is 23.7 Å². The van der Waals surface area contributed by atoms with E-state index >= 15 is 0 Å². The third-order valence-electron chi connectivity index (χ3n) is 4.19. The smallest absolute Gasteiger partial charge is 0.227 e. The molecule has 0 amide bonds. The fourth-order valence-electron chi connectivity index (χ4n) is 3.07. The fraction of sp³-hybridized carbons (Fsp3) is 0.429. The summed E-state index contributed by atoms with van der Waals surface area (Å²) in [5.41, 5.74) is 0.946. The van der Waals surface area contributed by atoms with E-state index in [-0.39, 0.29) is 6.04 Å². The van der Waals surface area contributed by atoms with E-state index in [4.69, 9.17) is 0 Å². The zero-order chi connectivity index (χ0) is 15.6. The summed E-state index contributed by atoms with van der Waals surface area (Å²) in [6, 6.07) is 3.95. The lowest BCUT2D eigenvalue weighted by Crippen LogP contribution is -2.35. The summed E-state index contributed by atoms with van der Waals surface area (Å²) >= 11 is 0. The Kier molecular flexibility index (Phi) is 3.45. The molecule has 1 fully saturated rings. The van der Waals surface area contributed by atoms with Crippen molar-refractivity contribution in [2.75, 3.05) is 11.4 Å². The van der Waals surface area contributed by atoms with Crippen LogP contribution in [0.25, 0.3) is 11.4 Å². The van der Waals surface area contributed by atoms with Crippen LogP contribution in [0, 0.1) is 0 Å². The Balaban J connectivity index is 1.71. The first-order chi connectivity index (χ1) is 11.3. The molecule has 9 heteroatoms. The minimum Gasteiger partial charge on any atom is -0.331 e. The van der Waals surface area contributed by atoms with Crippen molar-refractivity contribution in [3.63, 3.8) is 0 Å². The van der Waals surface area contributed by atoms with Crippen molar-refractivity contribution >= 4 is 5.95 Å². The molecule has 1 aliphatic heterocycles. The van der Waals surface area contributed by atoms with E-state index in [1.165, 1.54) is 0 Å². The summed E-state index contributed by atoms with van der Waals surface area (Å²) in [6.07, 6.45) is 6.78. The number of nitrogens with zero attached hydrogens (tertiary/aromatic N) is 8. The van der Waals surface area contributed by atoms with Crippen molar-refractivity contribution < 1.29 is 0 Å². The number of hydrogen-bond donors (Lipinski definition) is 1. The Morgan fingerprint density at radius 1 is 1.22 bits per heavy atom. The third kappa shape index (κ3) is 2.43. The highest BCUT2D eigenvalue weighted by Crippen LogP contribution is 2.33. The van der Waals surface area contributed by atoms with Gasteiger partial charge in [-0.15, -0.1) is 20.4 Å². The van der Waals surface area contributed by atoms with Crippen molar-refractivity contribution in [3.05, 3.63) is 30.4 Å². The number of aromatic amines is 1. The lowest BCUT2D eigenvalue weighted by Gasteiger charge is -2.34. The van der Waals surface area contributed by atoms with Gasteiger partial charge in [-0.3, -0.25) is 9.55 Å². The van der Waals surface area contributed by atoms with Crippen molar-refractivity contribution in [1.29, 1.82) is 0 Å². The highest BCUT2D eigenvalue weighted by molar-refractivity contribution is 5.56. The molecule has 0 aliphatic carbocycles. The van der Waals surface area contributed by atoms with Crippen molar-refractivity contribution in [2.45, 2.75) is 25.3 Å². The number of H-pyrrole nitrogens is 1. The molecule has 1 atom stereocenters. The van der Waals surface area contributed by atoms with E-state index in [0.29, 0.717) is 5.82 Å². The molecule has 3 aromatic rings. The summed E-state index contributed by atoms with van der Waals surface area (Å²) < 4.78 is 2.00. The lowest BCUT2D eigenvalue weighted by molar-refractivity contribution is 0.445. The van der Waals surface area contributed by atoms with Gasteiger partial charge in [0.25, 0.3) is 0 Å².